The van der Waals surface area contributed by atoms with Crippen molar-refractivity contribution in [3.63, 3.8) is 0 Å². The van der Waals surface area contributed by atoms with Crippen molar-refractivity contribution in [1.29, 1.82) is 0 Å². The molecule has 1 aliphatic carbocycles. The second-order valence-corrected chi connectivity index (χ2v) is 6.34. The standard InChI is InChI=1S/C17H27NO3/c1-13(2)18-17(12-20)9-7-16(11-17)21-15-5-3-14(4-6-15)8-10-19/h3-6,13,16,18-20H,7-12H2,1-2H3. The van der Waals surface area contributed by atoms with Crippen molar-refractivity contribution in [2.75, 3.05) is 13.2 Å². The van der Waals surface area contributed by atoms with Crippen molar-refractivity contribution < 1.29 is 14.9 Å². The highest BCUT2D eigenvalue weighted by molar-refractivity contribution is 5.27. The van der Waals surface area contributed by atoms with Crippen LogP contribution in [-0.4, -0.2) is 41.1 Å². The van der Waals surface area contributed by atoms with Crippen LogP contribution in [0.2, 0.25) is 0 Å². The van der Waals surface area contributed by atoms with Gasteiger partial charge in [-0.2, -0.15) is 0 Å². The molecule has 0 radical (unpaired) electrons. The Labute approximate surface area is 127 Å². The molecular weight excluding hydrogens is 266 g/mol. The molecule has 4 heteroatoms. The van der Waals surface area contributed by atoms with Gasteiger partial charge in [0, 0.05) is 24.6 Å². The monoisotopic (exact) mass is 293 g/mol. The van der Waals surface area contributed by atoms with Crippen LogP contribution in [-0.2, 0) is 6.42 Å². The van der Waals surface area contributed by atoms with E-state index in [-0.39, 0.29) is 24.9 Å². The number of benzene rings is 1. The highest BCUT2D eigenvalue weighted by Gasteiger charge is 2.40. The van der Waals surface area contributed by atoms with E-state index in [0.29, 0.717) is 12.5 Å². The molecule has 1 fully saturated rings. The van der Waals surface area contributed by atoms with Gasteiger partial charge in [-0.1, -0.05) is 26.0 Å². The van der Waals surface area contributed by atoms with E-state index in [1.807, 2.05) is 24.3 Å². The first-order valence-electron chi connectivity index (χ1n) is 7.82. The quantitative estimate of drug-likeness (QED) is 0.718. The molecule has 4 nitrogen and oxygen atoms in total. The summed E-state index contributed by atoms with van der Waals surface area (Å²) < 4.78 is 6.03. The minimum absolute atomic E-state index is 0.145. The van der Waals surface area contributed by atoms with Crippen molar-refractivity contribution in [2.24, 2.45) is 0 Å². The first-order valence-corrected chi connectivity index (χ1v) is 7.82. The normalized spacial score (nSPS) is 25.5. The molecule has 1 aromatic carbocycles. The van der Waals surface area contributed by atoms with Crippen molar-refractivity contribution >= 4 is 0 Å². The fourth-order valence-electron chi connectivity index (χ4n) is 3.17. The van der Waals surface area contributed by atoms with Crippen molar-refractivity contribution in [3.05, 3.63) is 29.8 Å². The zero-order valence-electron chi connectivity index (χ0n) is 13.0. The summed E-state index contributed by atoms with van der Waals surface area (Å²) in [6, 6.07) is 8.26. The van der Waals surface area contributed by atoms with Gasteiger partial charge in [0.25, 0.3) is 0 Å². The summed E-state index contributed by atoms with van der Waals surface area (Å²) in [5, 5.41) is 22.1. The van der Waals surface area contributed by atoms with Gasteiger partial charge in [0.15, 0.2) is 0 Å². The zero-order valence-corrected chi connectivity index (χ0v) is 13.0. The Kier molecular flexibility index (Phi) is 5.62. The Morgan fingerprint density at radius 3 is 2.57 bits per heavy atom. The van der Waals surface area contributed by atoms with Crippen LogP contribution in [0.4, 0.5) is 0 Å². The van der Waals surface area contributed by atoms with Crippen LogP contribution in [0.5, 0.6) is 5.75 Å². The maximum Gasteiger partial charge on any atom is 0.119 e. The molecule has 1 aliphatic rings. The molecule has 21 heavy (non-hydrogen) atoms. The zero-order chi connectivity index (χ0) is 15.3. The second-order valence-electron chi connectivity index (χ2n) is 6.34. The molecule has 0 heterocycles. The summed E-state index contributed by atoms with van der Waals surface area (Å²) in [6.07, 6.45) is 3.55. The summed E-state index contributed by atoms with van der Waals surface area (Å²) in [7, 11) is 0. The van der Waals surface area contributed by atoms with Gasteiger partial charge in [-0.05, 0) is 37.0 Å². The van der Waals surface area contributed by atoms with Gasteiger partial charge < -0.3 is 20.3 Å². The van der Waals surface area contributed by atoms with E-state index < -0.39 is 0 Å². The smallest absolute Gasteiger partial charge is 0.119 e. The highest BCUT2D eigenvalue weighted by Crippen LogP contribution is 2.33. The molecule has 0 amide bonds. The van der Waals surface area contributed by atoms with E-state index in [1.165, 1.54) is 0 Å². The van der Waals surface area contributed by atoms with Crippen LogP contribution < -0.4 is 10.1 Å². The number of rotatable bonds is 7. The predicted octanol–water partition coefficient (Wildman–Crippen LogP) is 1.88. The number of nitrogens with one attached hydrogen (secondary N) is 1. The third kappa shape index (κ3) is 4.43. The molecule has 3 N–H and O–H groups in total. The van der Waals surface area contributed by atoms with Crippen molar-refractivity contribution in [2.45, 2.75) is 57.2 Å². The Morgan fingerprint density at radius 1 is 1.29 bits per heavy atom. The lowest BCUT2D eigenvalue weighted by atomic mass is 9.97. The Bertz CT molecular complexity index is 432. The first-order chi connectivity index (χ1) is 10.1. The molecule has 0 aliphatic heterocycles. The fraction of sp³-hybridized carbons (Fsp3) is 0.647. The molecule has 118 valence electrons. The summed E-state index contributed by atoms with van der Waals surface area (Å²) in [6.45, 7) is 4.53. The van der Waals surface area contributed by atoms with Crippen LogP contribution in [0, 0.1) is 0 Å². The lowest BCUT2D eigenvalue weighted by Gasteiger charge is -2.30. The SMILES string of the molecule is CC(C)NC1(CO)CCC(Oc2ccc(CCO)cc2)C1. The van der Waals surface area contributed by atoms with Gasteiger partial charge in [-0.25, -0.2) is 0 Å². The minimum Gasteiger partial charge on any atom is -0.490 e. The molecule has 0 aromatic heterocycles. The largest absolute Gasteiger partial charge is 0.490 e. The van der Waals surface area contributed by atoms with E-state index in [2.05, 4.69) is 19.2 Å². The first kappa shape index (κ1) is 16.3. The van der Waals surface area contributed by atoms with E-state index in [4.69, 9.17) is 9.84 Å². The van der Waals surface area contributed by atoms with Crippen LogP contribution in [0.3, 0.4) is 0 Å². The molecule has 1 saturated carbocycles. The number of aliphatic hydroxyl groups is 2. The van der Waals surface area contributed by atoms with Gasteiger partial charge in [-0.15, -0.1) is 0 Å². The van der Waals surface area contributed by atoms with Crippen molar-refractivity contribution in [3.8, 4) is 5.75 Å². The van der Waals surface area contributed by atoms with Crippen LogP contribution in [0.25, 0.3) is 0 Å². The molecule has 2 rings (SSSR count). The molecule has 1 aromatic rings. The Balaban J connectivity index is 1.92. The summed E-state index contributed by atoms with van der Waals surface area (Å²) in [4.78, 5) is 0. The van der Waals surface area contributed by atoms with Gasteiger partial charge in [0.2, 0.25) is 0 Å². The van der Waals surface area contributed by atoms with Gasteiger partial charge in [0.05, 0.1) is 6.61 Å². The van der Waals surface area contributed by atoms with Gasteiger partial charge in [-0.3, -0.25) is 0 Å². The van der Waals surface area contributed by atoms with E-state index >= 15 is 0 Å². The molecular formula is C17H27NO3. The highest BCUT2D eigenvalue weighted by atomic mass is 16.5. The average Bonchev–Trinajstić information content (AvgIpc) is 2.84. The van der Waals surface area contributed by atoms with Gasteiger partial charge >= 0.3 is 0 Å². The molecule has 0 spiro atoms. The van der Waals surface area contributed by atoms with Crippen LogP contribution >= 0.6 is 0 Å². The number of ether oxygens (including phenoxy) is 1. The topological polar surface area (TPSA) is 61.7 Å². The Hall–Kier alpha value is -1.10. The lowest BCUT2D eigenvalue weighted by molar-refractivity contribution is 0.133. The summed E-state index contributed by atoms with van der Waals surface area (Å²) in [5.74, 6) is 0.861. The Morgan fingerprint density at radius 2 is 2.00 bits per heavy atom. The summed E-state index contributed by atoms with van der Waals surface area (Å²) in [5.41, 5.74) is 0.915. The maximum atomic E-state index is 9.70. The minimum atomic E-state index is -0.199. The van der Waals surface area contributed by atoms with E-state index in [1.54, 1.807) is 0 Å². The number of aliphatic hydroxyl groups excluding tert-OH is 2. The van der Waals surface area contributed by atoms with E-state index in [9.17, 15) is 5.11 Å². The van der Waals surface area contributed by atoms with Gasteiger partial charge in [0.1, 0.15) is 11.9 Å². The average molecular weight is 293 g/mol. The second kappa shape index (κ2) is 7.25. The molecule has 0 bridgehead atoms. The summed E-state index contributed by atoms with van der Waals surface area (Å²) >= 11 is 0. The number of hydrogen-bond acceptors (Lipinski definition) is 4. The molecule has 2 unspecified atom stereocenters. The molecule has 2 atom stereocenters. The molecule has 0 saturated heterocycles. The maximum absolute atomic E-state index is 9.70. The fourth-order valence-corrected chi connectivity index (χ4v) is 3.17. The predicted molar refractivity (Wildman–Crippen MR) is 83.6 cm³/mol. The third-order valence-corrected chi connectivity index (χ3v) is 4.09. The third-order valence-electron chi connectivity index (χ3n) is 4.09. The van der Waals surface area contributed by atoms with Crippen LogP contribution in [0.1, 0.15) is 38.7 Å². The number of hydrogen-bond donors (Lipinski definition) is 3. The van der Waals surface area contributed by atoms with E-state index in [0.717, 1.165) is 30.6 Å². The van der Waals surface area contributed by atoms with Crippen molar-refractivity contribution in [1.82, 2.24) is 5.32 Å². The van der Waals surface area contributed by atoms with Crippen LogP contribution in [0.15, 0.2) is 24.3 Å². The lowest BCUT2D eigenvalue weighted by Crippen LogP contribution is -2.50.